The van der Waals surface area contributed by atoms with Crippen molar-refractivity contribution in [3.05, 3.63) is 47.8 Å². The van der Waals surface area contributed by atoms with Crippen molar-refractivity contribution < 1.29 is 9.47 Å². The van der Waals surface area contributed by atoms with Gasteiger partial charge in [-0.15, -0.1) is 11.8 Å². The highest BCUT2D eigenvalue weighted by molar-refractivity contribution is 7.98. The molecule has 20 heavy (non-hydrogen) atoms. The molecule has 0 atom stereocenters. The summed E-state index contributed by atoms with van der Waals surface area (Å²) in [5, 5.41) is 9.02. The van der Waals surface area contributed by atoms with Crippen LogP contribution in [0.2, 0.25) is 0 Å². The highest BCUT2D eigenvalue weighted by atomic mass is 32.2. The Hall–Kier alpha value is -2.19. The van der Waals surface area contributed by atoms with Crippen LogP contribution in [-0.4, -0.2) is 18.2 Å². The Morgan fingerprint density at radius 3 is 2.90 bits per heavy atom. The van der Waals surface area contributed by atoms with Crippen molar-refractivity contribution in [2.75, 3.05) is 13.2 Å². The molecular formula is C15H12N2O2S. The number of ether oxygens (including phenoxy) is 2. The maximum absolute atomic E-state index is 9.02. The fourth-order valence-electron chi connectivity index (χ4n) is 1.93. The number of thioether (sulfide) groups is 1. The lowest BCUT2D eigenvalue weighted by molar-refractivity contribution is 0.171. The number of fused-ring (bicyclic) bond motifs is 1. The van der Waals surface area contributed by atoms with Gasteiger partial charge >= 0.3 is 0 Å². The topological polar surface area (TPSA) is 55.1 Å². The van der Waals surface area contributed by atoms with E-state index in [1.165, 1.54) is 0 Å². The van der Waals surface area contributed by atoms with Gasteiger partial charge in [0, 0.05) is 16.8 Å². The third-order valence-electron chi connectivity index (χ3n) is 2.91. The molecule has 0 aliphatic carbocycles. The SMILES string of the molecule is N#Cc1ncccc1CSc1ccc2c(c1)OCCO2. The summed E-state index contributed by atoms with van der Waals surface area (Å²) in [5.41, 5.74) is 1.42. The van der Waals surface area contributed by atoms with Crippen LogP contribution in [0.3, 0.4) is 0 Å². The number of nitrogens with zero attached hydrogens (tertiary/aromatic N) is 2. The number of hydrogen-bond acceptors (Lipinski definition) is 5. The van der Waals surface area contributed by atoms with E-state index in [1.54, 1.807) is 18.0 Å². The first kappa shape index (κ1) is 12.8. The van der Waals surface area contributed by atoms with E-state index in [4.69, 9.17) is 14.7 Å². The molecule has 0 amide bonds. The van der Waals surface area contributed by atoms with Crippen LogP contribution in [0.25, 0.3) is 0 Å². The van der Waals surface area contributed by atoms with E-state index in [0.717, 1.165) is 22.0 Å². The average molecular weight is 284 g/mol. The lowest BCUT2D eigenvalue weighted by Gasteiger charge is -2.18. The van der Waals surface area contributed by atoms with Crippen LogP contribution < -0.4 is 9.47 Å². The molecule has 1 aliphatic rings. The molecule has 1 aromatic heterocycles. The summed E-state index contributed by atoms with van der Waals surface area (Å²) in [7, 11) is 0. The second-order valence-corrected chi connectivity index (χ2v) is 5.27. The highest BCUT2D eigenvalue weighted by Crippen LogP contribution is 2.35. The van der Waals surface area contributed by atoms with E-state index in [0.29, 0.717) is 24.7 Å². The van der Waals surface area contributed by atoms with Gasteiger partial charge in [0.15, 0.2) is 11.5 Å². The van der Waals surface area contributed by atoms with Crippen LogP contribution in [0, 0.1) is 11.3 Å². The minimum Gasteiger partial charge on any atom is -0.486 e. The normalized spacial score (nSPS) is 12.8. The summed E-state index contributed by atoms with van der Waals surface area (Å²) in [5.74, 6) is 2.28. The number of aromatic nitrogens is 1. The summed E-state index contributed by atoms with van der Waals surface area (Å²) < 4.78 is 11.0. The van der Waals surface area contributed by atoms with E-state index in [9.17, 15) is 0 Å². The maximum Gasteiger partial charge on any atom is 0.162 e. The fraction of sp³-hybridized carbons (Fsp3) is 0.200. The Morgan fingerprint density at radius 1 is 1.20 bits per heavy atom. The first-order valence-corrected chi connectivity index (χ1v) is 7.22. The average Bonchev–Trinajstić information content (AvgIpc) is 2.53. The molecule has 0 spiro atoms. The number of rotatable bonds is 3. The molecule has 2 heterocycles. The van der Waals surface area contributed by atoms with Gasteiger partial charge in [0.1, 0.15) is 25.0 Å². The molecule has 0 bridgehead atoms. The van der Waals surface area contributed by atoms with Gasteiger partial charge in [-0.3, -0.25) is 0 Å². The Balaban J connectivity index is 1.74. The molecule has 4 nitrogen and oxygen atoms in total. The van der Waals surface area contributed by atoms with Gasteiger partial charge in [0.05, 0.1) is 0 Å². The van der Waals surface area contributed by atoms with Crippen molar-refractivity contribution in [1.82, 2.24) is 4.98 Å². The molecule has 0 saturated heterocycles. The van der Waals surface area contributed by atoms with Crippen LogP contribution in [0.15, 0.2) is 41.4 Å². The zero-order valence-electron chi connectivity index (χ0n) is 10.7. The molecule has 2 aromatic rings. The third kappa shape index (κ3) is 2.70. The predicted molar refractivity (Wildman–Crippen MR) is 75.9 cm³/mol. The molecule has 0 N–H and O–H groups in total. The Labute approximate surface area is 121 Å². The van der Waals surface area contributed by atoms with Gasteiger partial charge in [-0.2, -0.15) is 5.26 Å². The van der Waals surface area contributed by atoms with Crippen molar-refractivity contribution in [1.29, 1.82) is 5.26 Å². The quantitative estimate of drug-likeness (QED) is 0.811. The highest BCUT2D eigenvalue weighted by Gasteiger charge is 2.12. The molecule has 1 aromatic carbocycles. The van der Waals surface area contributed by atoms with Gasteiger partial charge in [-0.1, -0.05) is 6.07 Å². The predicted octanol–water partition coefficient (Wildman–Crippen LogP) is 3.02. The minimum absolute atomic E-state index is 0.484. The first-order valence-electron chi connectivity index (χ1n) is 6.23. The van der Waals surface area contributed by atoms with Gasteiger partial charge < -0.3 is 9.47 Å². The molecular weight excluding hydrogens is 272 g/mol. The minimum atomic E-state index is 0.484. The van der Waals surface area contributed by atoms with Crippen molar-refractivity contribution in [2.45, 2.75) is 10.6 Å². The van der Waals surface area contributed by atoms with E-state index < -0.39 is 0 Å². The van der Waals surface area contributed by atoms with Crippen molar-refractivity contribution >= 4 is 11.8 Å². The molecule has 0 radical (unpaired) electrons. The third-order valence-corrected chi connectivity index (χ3v) is 3.95. The smallest absolute Gasteiger partial charge is 0.162 e. The van der Waals surface area contributed by atoms with Gasteiger partial charge in [-0.25, -0.2) is 4.98 Å². The largest absolute Gasteiger partial charge is 0.486 e. The summed E-state index contributed by atoms with van der Waals surface area (Å²) in [6, 6.07) is 11.8. The van der Waals surface area contributed by atoms with Crippen molar-refractivity contribution in [3.63, 3.8) is 0 Å². The summed E-state index contributed by atoms with van der Waals surface area (Å²) in [4.78, 5) is 5.15. The zero-order valence-corrected chi connectivity index (χ0v) is 11.5. The molecule has 0 saturated carbocycles. The number of nitriles is 1. The number of pyridine rings is 1. The van der Waals surface area contributed by atoms with Crippen molar-refractivity contribution in [3.8, 4) is 17.6 Å². The van der Waals surface area contributed by atoms with Crippen LogP contribution >= 0.6 is 11.8 Å². The van der Waals surface area contributed by atoms with Crippen LogP contribution in [0.5, 0.6) is 11.5 Å². The summed E-state index contributed by atoms with van der Waals surface area (Å²) in [6.45, 7) is 1.18. The second kappa shape index (κ2) is 5.85. The van der Waals surface area contributed by atoms with Crippen LogP contribution in [0.1, 0.15) is 11.3 Å². The van der Waals surface area contributed by atoms with E-state index >= 15 is 0 Å². The monoisotopic (exact) mass is 284 g/mol. The summed E-state index contributed by atoms with van der Waals surface area (Å²) >= 11 is 1.65. The molecule has 0 fully saturated rings. The Kier molecular flexibility index (Phi) is 3.75. The van der Waals surface area contributed by atoms with E-state index in [-0.39, 0.29) is 0 Å². The fourth-order valence-corrected chi connectivity index (χ4v) is 2.84. The Morgan fingerprint density at radius 2 is 2.05 bits per heavy atom. The lowest BCUT2D eigenvalue weighted by atomic mass is 10.2. The van der Waals surface area contributed by atoms with Crippen molar-refractivity contribution in [2.24, 2.45) is 0 Å². The molecule has 3 rings (SSSR count). The summed E-state index contributed by atoms with van der Waals surface area (Å²) in [6.07, 6.45) is 1.64. The number of hydrogen-bond donors (Lipinski definition) is 0. The molecule has 1 aliphatic heterocycles. The van der Waals surface area contributed by atoms with E-state index in [1.807, 2.05) is 30.3 Å². The van der Waals surface area contributed by atoms with Gasteiger partial charge in [0.25, 0.3) is 0 Å². The zero-order chi connectivity index (χ0) is 13.8. The van der Waals surface area contributed by atoms with Crippen LogP contribution in [0.4, 0.5) is 0 Å². The number of benzene rings is 1. The van der Waals surface area contributed by atoms with Gasteiger partial charge in [-0.05, 0) is 29.8 Å². The standard InChI is InChI=1S/C15H12N2O2S/c16-9-13-11(2-1-5-17-13)10-20-12-3-4-14-15(8-12)19-7-6-18-14/h1-5,8H,6-7,10H2. The Bertz CT molecular complexity index is 667. The molecule has 0 unspecified atom stereocenters. The maximum atomic E-state index is 9.02. The lowest BCUT2D eigenvalue weighted by Crippen LogP contribution is -2.15. The van der Waals surface area contributed by atoms with Gasteiger partial charge in [0.2, 0.25) is 0 Å². The van der Waals surface area contributed by atoms with E-state index in [2.05, 4.69) is 11.1 Å². The first-order chi connectivity index (χ1) is 9.86. The molecule has 5 heteroatoms. The second-order valence-electron chi connectivity index (χ2n) is 4.22. The van der Waals surface area contributed by atoms with Crippen LogP contribution in [-0.2, 0) is 5.75 Å². The molecule has 100 valence electrons.